The van der Waals surface area contributed by atoms with Crippen LogP contribution < -0.4 is 0 Å². The second kappa shape index (κ2) is 7.18. The third kappa shape index (κ3) is 5.21. The SMILES string of the molecule is COP(=O)(OC)C(/C=C/c1ccccc1)=C/[Si](C)(C)C. The second-order valence-electron chi connectivity index (χ2n) is 5.54. The van der Waals surface area contributed by atoms with Gasteiger partial charge in [-0.05, 0) is 11.6 Å². The second-order valence-corrected chi connectivity index (χ2v) is 12.8. The molecule has 0 fully saturated rings. The largest absolute Gasteiger partial charge is 0.360 e. The summed E-state index contributed by atoms with van der Waals surface area (Å²) < 4.78 is 22.8. The third-order valence-corrected chi connectivity index (χ3v) is 5.92. The number of hydrogen-bond donors (Lipinski definition) is 0. The molecule has 20 heavy (non-hydrogen) atoms. The van der Waals surface area contributed by atoms with Crippen LogP contribution in [0.2, 0.25) is 19.6 Å². The Bertz CT molecular complexity index is 522. The van der Waals surface area contributed by atoms with E-state index in [1.807, 2.05) is 42.5 Å². The van der Waals surface area contributed by atoms with Crippen LogP contribution >= 0.6 is 7.60 Å². The quantitative estimate of drug-likeness (QED) is 0.424. The molecule has 0 unspecified atom stereocenters. The predicted molar refractivity (Wildman–Crippen MR) is 88.5 cm³/mol. The van der Waals surface area contributed by atoms with Gasteiger partial charge >= 0.3 is 7.60 Å². The fraction of sp³-hybridized carbons (Fsp3) is 0.333. The summed E-state index contributed by atoms with van der Waals surface area (Å²) in [4.78, 5) is 0. The Morgan fingerprint density at radius 1 is 1.10 bits per heavy atom. The molecule has 1 rings (SSSR count). The Morgan fingerprint density at radius 3 is 2.10 bits per heavy atom. The highest BCUT2D eigenvalue weighted by Gasteiger charge is 2.27. The van der Waals surface area contributed by atoms with Crippen LogP contribution in [0.1, 0.15) is 5.56 Å². The van der Waals surface area contributed by atoms with E-state index in [1.165, 1.54) is 14.2 Å². The molecule has 0 aliphatic rings. The van der Waals surface area contributed by atoms with E-state index in [9.17, 15) is 4.57 Å². The Hall–Kier alpha value is -0.933. The molecule has 0 radical (unpaired) electrons. The summed E-state index contributed by atoms with van der Waals surface area (Å²) >= 11 is 0. The van der Waals surface area contributed by atoms with Crippen LogP contribution in [0.15, 0.2) is 47.4 Å². The average molecular weight is 310 g/mol. The number of benzene rings is 1. The predicted octanol–water partition coefficient (Wildman–Crippen LogP) is 4.95. The van der Waals surface area contributed by atoms with E-state index in [0.29, 0.717) is 5.31 Å². The Kier molecular flexibility index (Phi) is 6.15. The van der Waals surface area contributed by atoms with Crippen molar-refractivity contribution in [2.24, 2.45) is 0 Å². The van der Waals surface area contributed by atoms with Crippen LogP contribution in [0, 0.1) is 0 Å². The van der Waals surface area contributed by atoms with Crippen molar-refractivity contribution in [2.45, 2.75) is 19.6 Å². The maximum Gasteiger partial charge on any atom is 0.360 e. The van der Waals surface area contributed by atoms with Gasteiger partial charge < -0.3 is 9.05 Å². The molecule has 0 saturated carbocycles. The molecule has 0 N–H and O–H groups in total. The van der Waals surface area contributed by atoms with Gasteiger partial charge in [0, 0.05) is 14.2 Å². The first-order valence-electron chi connectivity index (χ1n) is 6.49. The van der Waals surface area contributed by atoms with Gasteiger partial charge in [-0.15, -0.1) is 0 Å². The van der Waals surface area contributed by atoms with E-state index >= 15 is 0 Å². The van der Waals surface area contributed by atoms with Crippen LogP contribution in [-0.4, -0.2) is 22.3 Å². The summed E-state index contributed by atoms with van der Waals surface area (Å²) in [5, 5.41) is 0.630. The van der Waals surface area contributed by atoms with Crippen molar-refractivity contribution in [2.75, 3.05) is 14.2 Å². The van der Waals surface area contributed by atoms with Gasteiger partial charge in [0.2, 0.25) is 0 Å². The molecule has 0 aliphatic carbocycles. The average Bonchev–Trinajstić information content (AvgIpc) is 2.42. The normalized spacial score (nSPS) is 13.9. The van der Waals surface area contributed by atoms with E-state index in [1.54, 1.807) is 0 Å². The lowest BCUT2D eigenvalue weighted by atomic mass is 10.2. The Morgan fingerprint density at radius 2 is 1.65 bits per heavy atom. The highest BCUT2D eigenvalue weighted by molar-refractivity contribution is 7.58. The summed E-state index contributed by atoms with van der Waals surface area (Å²) in [5.74, 6) is 0. The van der Waals surface area contributed by atoms with Crippen molar-refractivity contribution in [3.63, 3.8) is 0 Å². The van der Waals surface area contributed by atoms with Gasteiger partial charge in [-0.1, -0.05) is 61.7 Å². The monoisotopic (exact) mass is 310 g/mol. The number of hydrogen-bond acceptors (Lipinski definition) is 3. The van der Waals surface area contributed by atoms with E-state index < -0.39 is 15.7 Å². The summed E-state index contributed by atoms with van der Waals surface area (Å²) in [6.45, 7) is 6.54. The van der Waals surface area contributed by atoms with Crippen molar-refractivity contribution >= 4 is 21.7 Å². The first kappa shape index (κ1) is 17.1. The molecule has 0 saturated heterocycles. The minimum absolute atomic E-state index is 0.630. The molecule has 0 spiro atoms. The molecule has 1 aromatic rings. The van der Waals surface area contributed by atoms with Crippen LogP contribution in [0.25, 0.3) is 6.08 Å². The standard InChI is InChI=1S/C15H23O3PSi/c1-17-19(16,18-2)15(13-20(3,4)5)12-11-14-9-7-6-8-10-14/h6-13H,1-5H3/b12-11+,15-13+. The summed E-state index contributed by atoms with van der Waals surface area (Å²) in [5.41, 5.74) is 3.10. The lowest BCUT2D eigenvalue weighted by Crippen LogP contribution is -2.17. The first-order chi connectivity index (χ1) is 9.30. The zero-order valence-corrected chi connectivity index (χ0v) is 14.7. The molecule has 0 aromatic heterocycles. The molecule has 1 aromatic carbocycles. The number of rotatable bonds is 6. The van der Waals surface area contributed by atoms with Gasteiger partial charge in [0.1, 0.15) is 0 Å². The molecule has 0 bridgehead atoms. The number of allylic oxidation sites excluding steroid dienone is 2. The fourth-order valence-electron chi connectivity index (χ4n) is 1.69. The zero-order chi connectivity index (χ0) is 15.2. The summed E-state index contributed by atoms with van der Waals surface area (Å²) in [7, 11) is -1.93. The van der Waals surface area contributed by atoms with Gasteiger partial charge in [-0.3, -0.25) is 4.57 Å². The minimum atomic E-state index is -3.22. The van der Waals surface area contributed by atoms with E-state index in [-0.39, 0.29) is 0 Å². The highest BCUT2D eigenvalue weighted by atomic mass is 31.2. The van der Waals surface area contributed by atoms with E-state index in [4.69, 9.17) is 9.05 Å². The van der Waals surface area contributed by atoms with Gasteiger partial charge in [0.05, 0.1) is 13.4 Å². The topological polar surface area (TPSA) is 35.5 Å². The lowest BCUT2D eigenvalue weighted by Gasteiger charge is -2.18. The van der Waals surface area contributed by atoms with Gasteiger partial charge in [-0.25, -0.2) is 0 Å². The molecular formula is C15H23O3PSi. The third-order valence-electron chi connectivity index (χ3n) is 2.62. The fourth-order valence-corrected chi connectivity index (χ4v) is 5.30. The Labute approximate surface area is 122 Å². The van der Waals surface area contributed by atoms with E-state index in [2.05, 4.69) is 25.3 Å². The maximum absolute atomic E-state index is 12.6. The summed E-state index contributed by atoms with van der Waals surface area (Å²) in [6, 6.07) is 9.88. The van der Waals surface area contributed by atoms with Crippen LogP contribution in [0.5, 0.6) is 0 Å². The Balaban J connectivity index is 3.17. The molecule has 3 nitrogen and oxygen atoms in total. The molecule has 110 valence electrons. The van der Waals surface area contributed by atoms with Crippen LogP contribution in [-0.2, 0) is 13.6 Å². The van der Waals surface area contributed by atoms with Gasteiger partial charge in [0.15, 0.2) is 0 Å². The smallest absolute Gasteiger partial charge is 0.309 e. The maximum atomic E-state index is 12.6. The van der Waals surface area contributed by atoms with Crippen molar-refractivity contribution in [1.29, 1.82) is 0 Å². The molecule has 5 heteroatoms. The van der Waals surface area contributed by atoms with Crippen LogP contribution in [0.4, 0.5) is 0 Å². The van der Waals surface area contributed by atoms with Crippen molar-refractivity contribution in [3.8, 4) is 0 Å². The lowest BCUT2D eigenvalue weighted by molar-refractivity contribution is 0.284. The molecular weight excluding hydrogens is 287 g/mol. The molecule has 0 amide bonds. The van der Waals surface area contributed by atoms with Crippen molar-refractivity contribution < 1.29 is 13.6 Å². The van der Waals surface area contributed by atoms with Gasteiger partial charge in [-0.2, -0.15) is 0 Å². The highest BCUT2D eigenvalue weighted by Crippen LogP contribution is 2.55. The van der Waals surface area contributed by atoms with E-state index in [0.717, 1.165) is 5.56 Å². The minimum Gasteiger partial charge on any atom is -0.309 e. The van der Waals surface area contributed by atoms with Crippen molar-refractivity contribution in [3.05, 3.63) is 53.0 Å². The zero-order valence-electron chi connectivity index (χ0n) is 12.8. The van der Waals surface area contributed by atoms with Crippen LogP contribution in [0.3, 0.4) is 0 Å². The van der Waals surface area contributed by atoms with Crippen molar-refractivity contribution in [1.82, 2.24) is 0 Å². The first-order valence-corrected chi connectivity index (χ1v) is 11.6. The molecule has 0 heterocycles. The van der Waals surface area contributed by atoms with Gasteiger partial charge in [0.25, 0.3) is 0 Å². The molecule has 0 atom stereocenters. The summed E-state index contributed by atoms with van der Waals surface area (Å²) in [6.07, 6.45) is 3.76. The molecule has 0 aliphatic heterocycles.